The molecule has 0 fully saturated rings. The van der Waals surface area contributed by atoms with E-state index in [1.165, 1.54) is 6.07 Å². The fourth-order valence-corrected chi connectivity index (χ4v) is 1.51. The molecule has 5 nitrogen and oxygen atoms in total. The Balaban J connectivity index is 2.86. The number of aliphatic hydroxyl groups excluding tert-OH is 1. The number of nitrogens with zero attached hydrogens (tertiary/aromatic N) is 2. The van der Waals surface area contributed by atoms with Crippen molar-refractivity contribution in [3.05, 3.63) is 21.9 Å². The van der Waals surface area contributed by atoms with Gasteiger partial charge in [-0.2, -0.15) is 0 Å². The number of nitrogens with one attached hydrogen (secondary N) is 1. The summed E-state index contributed by atoms with van der Waals surface area (Å²) < 4.78 is 0. The van der Waals surface area contributed by atoms with Crippen LogP contribution < -0.4 is 5.32 Å². The number of hydrogen-bond acceptors (Lipinski definition) is 4. The number of carbonyl (C=O) groups excluding carboxylic acids is 1. The lowest BCUT2D eigenvalue weighted by atomic mass is 10.1. The third-order valence-corrected chi connectivity index (χ3v) is 2.75. The van der Waals surface area contributed by atoms with Crippen molar-refractivity contribution in [2.45, 2.75) is 19.9 Å². The molecule has 1 aromatic heterocycles. The third kappa shape index (κ3) is 3.80. The van der Waals surface area contributed by atoms with Gasteiger partial charge in [0.25, 0.3) is 5.91 Å². The minimum atomic E-state index is -0.431. The van der Waals surface area contributed by atoms with Crippen LogP contribution in [0.25, 0.3) is 0 Å². The molecule has 1 rings (SSSR count). The van der Waals surface area contributed by atoms with Gasteiger partial charge in [-0.3, -0.25) is 4.79 Å². The number of amides is 1. The maximum Gasteiger partial charge on any atom is 0.254 e. The molecule has 0 saturated carbocycles. The Morgan fingerprint density at radius 1 is 1.47 bits per heavy atom. The van der Waals surface area contributed by atoms with Crippen LogP contribution in [0.15, 0.2) is 6.07 Å². The Morgan fingerprint density at radius 2 is 2.12 bits per heavy atom. The Labute approximate surface area is 109 Å². The summed E-state index contributed by atoms with van der Waals surface area (Å²) in [6.07, 6.45) is 0. The molecule has 1 amide bonds. The van der Waals surface area contributed by atoms with Crippen molar-refractivity contribution >= 4 is 29.1 Å². The van der Waals surface area contributed by atoms with Crippen molar-refractivity contribution in [2.75, 3.05) is 6.61 Å². The summed E-state index contributed by atoms with van der Waals surface area (Å²) in [6, 6.07) is 0.992. The predicted molar refractivity (Wildman–Crippen MR) is 65.2 cm³/mol. The first-order valence-electron chi connectivity index (χ1n) is 5.06. The molecule has 0 radical (unpaired) electrons. The topological polar surface area (TPSA) is 75.1 Å². The Hall–Kier alpha value is -0.910. The van der Waals surface area contributed by atoms with E-state index < -0.39 is 5.91 Å². The Bertz CT molecular complexity index is 413. The Kier molecular flexibility index (Phi) is 5.11. The molecule has 0 aliphatic heterocycles. The van der Waals surface area contributed by atoms with Gasteiger partial charge in [0, 0.05) is 0 Å². The quantitative estimate of drug-likeness (QED) is 0.875. The molecule has 0 aliphatic carbocycles. The second kappa shape index (κ2) is 6.14. The van der Waals surface area contributed by atoms with E-state index in [0.717, 1.165) is 0 Å². The van der Waals surface area contributed by atoms with Crippen LogP contribution in [0.4, 0.5) is 0 Å². The molecule has 1 heterocycles. The van der Waals surface area contributed by atoms with Crippen molar-refractivity contribution < 1.29 is 9.90 Å². The molecule has 0 aliphatic rings. The van der Waals surface area contributed by atoms with Crippen LogP contribution in [0.5, 0.6) is 0 Å². The number of carbonyl (C=O) groups is 1. The van der Waals surface area contributed by atoms with Crippen LogP contribution in [0.2, 0.25) is 10.3 Å². The van der Waals surface area contributed by atoms with Crippen LogP contribution in [-0.4, -0.2) is 33.9 Å². The number of aliphatic hydroxyl groups is 1. The van der Waals surface area contributed by atoms with Gasteiger partial charge in [-0.1, -0.05) is 37.0 Å². The highest BCUT2D eigenvalue weighted by atomic mass is 35.5. The molecule has 1 aromatic rings. The summed E-state index contributed by atoms with van der Waals surface area (Å²) in [6.45, 7) is 3.63. The van der Waals surface area contributed by atoms with Crippen LogP contribution in [0, 0.1) is 5.92 Å². The van der Waals surface area contributed by atoms with Gasteiger partial charge >= 0.3 is 0 Å². The lowest BCUT2D eigenvalue weighted by molar-refractivity contribution is 0.0896. The van der Waals surface area contributed by atoms with E-state index in [-0.39, 0.29) is 34.4 Å². The van der Waals surface area contributed by atoms with Gasteiger partial charge in [-0.15, -0.1) is 10.2 Å². The Morgan fingerprint density at radius 3 is 2.65 bits per heavy atom. The normalized spacial score (nSPS) is 12.6. The van der Waals surface area contributed by atoms with Gasteiger partial charge in [0.2, 0.25) is 0 Å². The first kappa shape index (κ1) is 14.2. The number of aromatic nitrogens is 2. The third-order valence-electron chi connectivity index (χ3n) is 2.28. The zero-order valence-corrected chi connectivity index (χ0v) is 11.0. The minimum Gasteiger partial charge on any atom is -0.394 e. The smallest absolute Gasteiger partial charge is 0.254 e. The first-order chi connectivity index (χ1) is 7.95. The summed E-state index contributed by atoms with van der Waals surface area (Å²) in [5, 5.41) is 18.9. The SMILES string of the molecule is CC(C)[C@@H](CO)NC(=O)c1cc(Cl)nnc1Cl. The molecule has 94 valence electrons. The van der Waals surface area contributed by atoms with Crippen molar-refractivity contribution in [3.8, 4) is 0 Å². The van der Waals surface area contributed by atoms with Gasteiger partial charge in [-0.05, 0) is 12.0 Å². The van der Waals surface area contributed by atoms with Crippen LogP contribution in [0.1, 0.15) is 24.2 Å². The molecular weight excluding hydrogens is 265 g/mol. The lowest BCUT2D eigenvalue weighted by Crippen LogP contribution is -2.41. The second-order valence-electron chi connectivity index (χ2n) is 3.88. The zero-order valence-electron chi connectivity index (χ0n) is 9.44. The molecule has 0 spiro atoms. The first-order valence-corrected chi connectivity index (χ1v) is 5.81. The summed E-state index contributed by atoms with van der Waals surface area (Å²) in [4.78, 5) is 11.9. The number of rotatable bonds is 4. The highest BCUT2D eigenvalue weighted by molar-refractivity contribution is 6.34. The molecule has 1 atom stereocenters. The molecule has 0 bridgehead atoms. The van der Waals surface area contributed by atoms with E-state index in [0.29, 0.717) is 0 Å². The van der Waals surface area contributed by atoms with E-state index in [2.05, 4.69) is 15.5 Å². The molecular formula is C10H13Cl2N3O2. The summed E-state index contributed by atoms with van der Waals surface area (Å²) in [5.74, 6) is -0.326. The van der Waals surface area contributed by atoms with Crippen molar-refractivity contribution in [3.63, 3.8) is 0 Å². The predicted octanol–water partition coefficient (Wildman–Crippen LogP) is 1.53. The highest BCUT2D eigenvalue weighted by Gasteiger charge is 2.19. The number of hydrogen-bond donors (Lipinski definition) is 2. The van der Waals surface area contributed by atoms with E-state index in [1.54, 1.807) is 0 Å². The fraction of sp³-hybridized carbons (Fsp3) is 0.500. The molecule has 0 unspecified atom stereocenters. The maximum absolute atomic E-state index is 11.9. The second-order valence-corrected chi connectivity index (χ2v) is 4.62. The standard InChI is InChI=1S/C10H13Cl2N3O2/c1-5(2)7(4-16)13-10(17)6-3-8(11)14-15-9(6)12/h3,5,7,16H,4H2,1-2H3,(H,13,17)/t7-/m1/s1. The average molecular weight is 278 g/mol. The molecule has 0 aromatic carbocycles. The van der Waals surface area contributed by atoms with E-state index in [1.807, 2.05) is 13.8 Å². The fourth-order valence-electron chi connectivity index (χ4n) is 1.18. The van der Waals surface area contributed by atoms with Crippen LogP contribution in [-0.2, 0) is 0 Å². The monoisotopic (exact) mass is 277 g/mol. The van der Waals surface area contributed by atoms with Gasteiger partial charge in [0.15, 0.2) is 10.3 Å². The molecule has 17 heavy (non-hydrogen) atoms. The van der Waals surface area contributed by atoms with E-state index in [4.69, 9.17) is 28.3 Å². The highest BCUT2D eigenvalue weighted by Crippen LogP contribution is 2.15. The van der Waals surface area contributed by atoms with Crippen molar-refractivity contribution in [1.82, 2.24) is 15.5 Å². The average Bonchev–Trinajstić information content (AvgIpc) is 2.28. The van der Waals surface area contributed by atoms with Crippen LogP contribution in [0.3, 0.4) is 0 Å². The van der Waals surface area contributed by atoms with E-state index >= 15 is 0 Å². The molecule has 0 saturated heterocycles. The molecule has 7 heteroatoms. The zero-order chi connectivity index (χ0) is 13.0. The summed E-state index contributed by atoms with van der Waals surface area (Å²) >= 11 is 11.4. The van der Waals surface area contributed by atoms with Gasteiger partial charge in [0.1, 0.15) is 0 Å². The van der Waals surface area contributed by atoms with Crippen molar-refractivity contribution in [1.29, 1.82) is 0 Å². The maximum atomic E-state index is 11.9. The summed E-state index contributed by atoms with van der Waals surface area (Å²) in [5.41, 5.74) is 0.144. The largest absolute Gasteiger partial charge is 0.394 e. The summed E-state index contributed by atoms with van der Waals surface area (Å²) in [7, 11) is 0. The molecule has 2 N–H and O–H groups in total. The number of halogens is 2. The lowest BCUT2D eigenvalue weighted by Gasteiger charge is -2.19. The van der Waals surface area contributed by atoms with Gasteiger partial charge in [0.05, 0.1) is 18.2 Å². The van der Waals surface area contributed by atoms with Gasteiger partial charge in [-0.25, -0.2) is 0 Å². The van der Waals surface area contributed by atoms with Gasteiger partial charge < -0.3 is 10.4 Å². The van der Waals surface area contributed by atoms with Crippen molar-refractivity contribution in [2.24, 2.45) is 5.92 Å². The minimum absolute atomic E-state index is 0.0210. The van der Waals surface area contributed by atoms with E-state index in [9.17, 15) is 4.79 Å². The van der Waals surface area contributed by atoms with Crippen LogP contribution >= 0.6 is 23.2 Å².